The lowest BCUT2D eigenvalue weighted by Gasteiger charge is -2.15. The van der Waals surface area contributed by atoms with Gasteiger partial charge in [0.15, 0.2) is 0 Å². The summed E-state index contributed by atoms with van der Waals surface area (Å²) in [7, 11) is 0. The molecule has 0 aromatic heterocycles. The fourth-order valence-electron chi connectivity index (χ4n) is 2.66. The average Bonchev–Trinajstić information content (AvgIpc) is 2.72. The molecule has 0 unspecified atom stereocenters. The number of carbonyl (C=O) groups excluding carboxylic acids is 1. The summed E-state index contributed by atoms with van der Waals surface area (Å²) in [6.45, 7) is 3.85. The summed E-state index contributed by atoms with van der Waals surface area (Å²) in [5.74, 6) is 0.215. The molecule has 0 saturated heterocycles. The largest absolute Gasteiger partial charge is 0.419 e. The van der Waals surface area contributed by atoms with Crippen LogP contribution in [0.3, 0.4) is 0 Å². The lowest BCUT2D eigenvalue weighted by Crippen LogP contribution is -2.05. The van der Waals surface area contributed by atoms with Gasteiger partial charge in [0.25, 0.3) is 0 Å². The summed E-state index contributed by atoms with van der Waals surface area (Å²) in [6, 6.07) is 16.1. The van der Waals surface area contributed by atoms with Gasteiger partial charge in [0, 0.05) is 11.6 Å². The third-order valence-electron chi connectivity index (χ3n) is 3.37. The van der Waals surface area contributed by atoms with Crippen LogP contribution in [0.25, 0.3) is 11.1 Å². The Morgan fingerprint density at radius 2 is 1.47 bits per heavy atom. The highest BCUT2D eigenvalue weighted by Gasteiger charge is 2.31. The Bertz CT molecular complexity index is 630. The zero-order chi connectivity index (χ0) is 13.4. The van der Waals surface area contributed by atoms with Crippen molar-refractivity contribution in [2.24, 2.45) is 0 Å². The predicted molar refractivity (Wildman–Crippen MR) is 75.2 cm³/mol. The van der Waals surface area contributed by atoms with E-state index in [2.05, 4.69) is 18.7 Å². The number of halogens is 1. The molecule has 0 aliphatic heterocycles. The highest BCUT2D eigenvalue weighted by molar-refractivity contribution is 6.61. The van der Waals surface area contributed by atoms with E-state index in [1.807, 2.05) is 36.4 Å². The minimum absolute atomic E-state index is 0.143. The zero-order valence-corrected chi connectivity index (χ0v) is 10.9. The van der Waals surface area contributed by atoms with Crippen molar-refractivity contribution in [1.82, 2.24) is 0 Å². The average molecular weight is 271 g/mol. The topological polar surface area (TPSA) is 26.3 Å². The van der Waals surface area contributed by atoms with Crippen molar-refractivity contribution < 1.29 is 9.53 Å². The number of fused-ring (bicyclic) bond motifs is 3. The van der Waals surface area contributed by atoms with Gasteiger partial charge in [-0.1, -0.05) is 55.1 Å². The molecule has 19 heavy (non-hydrogen) atoms. The fraction of sp³-hybridized carbons (Fsp3) is 0.0625. The van der Waals surface area contributed by atoms with Gasteiger partial charge in [0.1, 0.15) is 5.76 Å². The molecule has 0 N–H and O–H groups in total. The molecule has 0 bridgehead atoms. The first kappa shape index (κ1) is 12.0. The minimum Gasteiger partial charge on any atom is -0.419 e. The van der Waals surface area contributed by atoms with Gasteiger partial charge in [-0.15, -0.1) is 0 Å². The Labute approximate surface area is 116 Å². The van der Waals surface area contributed by atoms with Crippen LogP contribution in [0.2, 0.25) is 0 Å². The van der Waals surface area contributed by atoms with E-state index in [0.29, 0.717) is 5.76 Å². The van der Waals surface area contributed by atoms with Crippen molar-refractivity contribution in [3.8, 4) is 11.1 Å². The molecule has 0 spiro atoms. The minimum atomic E-state index is -0.855. The molecule has 2 aromatic rings. The molecule has 0 radical (unpaired) electrons. The normalized spacial score (nSPS) is 12.7. The first-order valence-corrected chi connectivity index (χ1v) is 6.30. The van der Waals surface area contributed by atoms with Crippen molar-refractivity contribution >= 4 is 17.0 Å². The Morgan fingerprint density at radius 3 is 1.95 bits per heavy atom. The van der Waals surface area contributed by atoms with E-state index in [-0.39, 0.29) is 5.92 Å². The second-order valence-corrected chi connectivity index (χ2v) is 4.72. The molecule has 1 aliphatic rings. The second kappa shape index (κ2) is 4.56. The van der Waals surface area contributed by atoms with Crippen LogP contribution in [0, 0.1) is 0 Å². The van der Waals surface area contributed by atoms with Crippen molar-refractivity contribution in [3.63, 3.8) is 0 Å². The first-order chi connectivity index (χ1) is 9.18. The van der Waals surface area contributed by atoms with E-state index in [4.69, 9.17) is 16.3 Å². The molecule has 0 heterocycles. The summed E-state index contributed by atoms with van der Waals surface area (Å²) in [5, 5.41) is 0. The summed E-state index contributed by atoms with van der Waals surface area (Å²) in [4.78, 5) is 10.9. The van der Waals surface area contributed by atoms with Crippen molar-refractivity contribution in [2.75, 3.05) is 0 Å². The molecular formula is C16H11ClO2. The third kappa shape index (κ3) is 1.94. The van der Waals surface area contributed by atoms with Crippen molar-refractivity contribution in [3.05, 3.63) is 72.0 Å². The molecule has 2 aromatic carbocycles. The molecule has 3 heteroatoms. The van der Waals surface area contributed by atoms with Gasteiger partial charge in [-0.05, 0) is 22.3 Å². The van der Waals surface area contributed by atoms with E-state index in [0.717, 1.165) is 22.3 Å². The molecule has 1 aliphatic carbocycles. The van der Waals surface area contributed by atoms with Gasteiger partial charge in [-0.2, -0.15) is 0 Å². The van der Waals surface area contributed by atoms with Crippen LogP contribution < -0.4 is 0 Å². The zero-order valence-electron chi connectivity index (χ0n) is 10.1. The Morgan fingerprint density at radius 1 is 1.00 bits per heavy atom. The van der Waals surface area contributed by atoms with Crippen LogP contribution in [0.5, 0.6) is 0 Å². The second-order valence-electron chi connectivity index (χ2n) is 4.41. The smallest absolute Gasteiger partial charge is 0.408 e. The van der Waals surface area contributed by atoms with Crippen molar-refractivity contribution in [2.45, 2.75) is 5.92 Å². The van der Waals surface area contributed by atoms with E-state index >= 15 is 0 Å². The van der Waals surface area contributed by atoms with Crippen LogP contribution in [-0.4, -0.2) is 5.43 Å². The summed E-state index contributed by atoms with van der Waals surface area (Å²) in [6.07, 6.45) is 0. The SMILES string of the molecule is C=C(OC(=O)Cl)C1c2ccccc2-c2ccccc21. The van der Waals surface area contributed by atoms with Gasteiger partial charge in [-0.25, -0.2) is 4.79 Å². The molecule has 0 atom stereocenters. The van der Waals surface area contributed by atoms with Crippen LogP contribution in [0.1, 0.15) is 17.0 Å². The number of ether oxygens (including phenoxy) is 1. The monoisotopic (exact) mass is 270 g/mol. The molecule has 0 saturated carbocycles. The van der Waals surface area contributed by atoms with Gasteiger partial charge in [-0.3, -0.25) is 0 Å². The van der Waals surface area contributed by atoms with E-state index < -0.39 is 5.43 Å². The third-order valence-corrected chi connectivity index (χ3v) is 3.44. The molecule has 0 fully saturated rings. The maximum Gasteiger partial charge on any atom is 0.408 e. The highest BCUT2D eigenvalue weighted by atomic mass is 35.5. The lowest BCUT2D eigenvalue weighted by molar-refractivity contribution is 0.199. The summed E-state index contributed by atoms with van der Waals surface area (Å²) < 4.78 is 4.98. The molecule has 2 nitrogen and oxygen atoms in total. The number of allylic oxidation sites excluding steroid dienone is 1. The van der Waals surface area contributed by atoms with E-state index in [9.17, 15) is 4.79 Å². The van der Waals surface area contributed by atoms with E-state index in [1.54, 1.807) is 0 Å². The molecular weight excluding hydrogens is 260 g/mol. The number of benzene rings is 2. The molecule has 94 valence electrons. The molecule has 3 rings (SSSR count). The van der Waals surface area contributed by atoms with Crippen LogP contribution in [0.15, 0.2) is 60.9 Å². The summed E-state index contributed by atoms with van der Waals surface area (Å²) in [5.41, 5.74) is 3.62. The van der Waals surface area contributed by atoms with Gasteiger partial charge in [0.05, 0.1) is 5.92 Å². The fourth-order valence-corrected chi connectivity index (χ4v) is 2.76. The number of hydrogen-bond donors (Lipinski definition) is 0. The number of rotatable bonds is 2. The Balaban J connectivity index is 2.15. The van der Waals surface area contributed by atoms with Gasteiger partial charge < -0.3 is 4.74 Å². The molecule has 0 amide bonds. The maximum absolute atomic E-state index is 10.9. The Hall–Kier alpha value is -2.06. The van der Waals surface area contributed by atoms with Crippen LogP contribution >= 0.6 is 11.6 Å². The number of carbonyl (C=O) groups is 1. The van der Waals surface area contributed by atoms with E-state index in [1.165, 1.54) is 0 Å². The predicted octanol–water partition coefficient (Wildman–Crippen LogP) is 4.69. The van der Waals surface area contributed by atoms with Gasteiger partial charge >= 0.3 is 5.43 Å². The quantitative estimate of drug-likeness (QED) is 0.585. The first-order valence-electron chi connectivity index (χ1n) is 5.93. The lowest BCUT2D eigenvalue weighted by atomic mass is 9.95. The Kier molecular flexibility index (Phi) is 2.88. The van der Waals surface area contributed by atoms with Crippen LogP contribution in [-0.2, 0) is 4.74 Å². The maximum atomic E-state index is 10.9. The number of hydrogen-bond acceptors (Lipinski definition) is 2. The standard InChI is InChI=1S/C16H11ClO2/c1-10(19-16(17)18)15-13-8-4-2-6-11(13)12-7-3-5-9-14(12)15/h2-9,15H,1H2. The highest BCUT2D eigenvalue weighted by Crippen LogP contribution is 2.47. The van der Waals surface area contributed by atoms with Crippen LogP contribution in [0.4, 0.5) is 4.79 Å². The van der Waals surface area contributed by atoms with Gasteiger partial charge in [0.2, 0.25) is 0 Å². The van der Waals surface area contributed by atoms with Crippen molar-refractivity contribution in [1.29, 1.82) is 0 Å². The summed E-state index contributed by atoms with van der Waals surface area (Å²) >= 11 is 5.28.